The van der Waals surface area contributed by atoms with Crippen LogP contribution in [0.2, 0.25) is 0 Å². The molecule has 222 valence electrons. The predicted molar refractivity (Wildman–Crippen MR) is 192 cm³/mol. The van der Waals surface area contributed by atoms with E-state index in [2.05, 4.69) is 146 Å². The first-order valence-electron chi connectivity index (χ1n) is 16.0. The van der Waals surface area contributed by atoms with E-state index in [-0.39, 0.29) is 5.92 Å². The van der Waals surface area contributed by atoms with E-state index < -0.39 is 5.54 Å². The van der Waals surface area contributed by atoms with Gasteiger partial charge in [0.2, 0.25) is 0 Å². The van der Waals surface area contributed by atoms with Gasteiger partial charge in [-0.25, -0.2) is 0 Å². The monoisotopic (exact) mass is 592 g/mol. The maximum Gasteiger partial charge on any atom is 0.0991 e. The Morgan fingerprint density at radius 1 is 0.630 bits per heavy atom. The smallest absolute Gasteiger partial charge is 0.0991 e. The average Bonchev–Trinajstić information content (AvgIpc) is 3.14. The summed E-state index contributed by atoms with van der Waals surface area (Å²) in [7, 11) is 0. The van der Waals surface area contributed by atoms with Gasteiger partial charge in [-0.1, -0.05) is 140 Å². The highest BCUT2D eigenvalue weighted by molar-refractivity contribution is 5.91. The zero-order chi connectivity index (χ0) is 31.5. The number of allylic oxidation sites excluding steroid dienone is 3. The Bertz CT molecular complexity index is 2110. The Kier molecular flexibility index (Phi) is 7.93. The molecule has 7 rings (SSSR count). The number of nitrogens with two attached hydrogens (primary N) is 1. The molecule has 0 saturated carbocycles. The number of rotatable bonds is 7. The SMILES string of the molecule is CC(c1ccccc1)C(N)(C1=CC=CCC1)c1ccc(-c2ccc3ccc(-c4ccc(-c5cccc(C#N)c5)cc4)cc3c2)cc1. The van der Waals surface area contributed by atoms with Crippen molar-refractivity contribution < 1.29 is 0 Å². The van der Waals surface area contributed by atoms with Crippen LogP contribution in [0.15, 0.2) is 163 Å². The number of nitriles is 1. The molecule has 2 heteroatoms. The van der Waals surface area contributed by atoms with E-state index in [0.29, 0.717) is 5.56 Å². The molecule has 46 heavy (non-hydrogen) atoms. The molecule has 0 amide bonds. The molecule has 2 nitrogen and oxygen atoms in total. The van der Waals surface area contributed by atoms with Crippen LogP contribution < -0.4 is 5.73 Å². The highest BCUT2D eigenvalue weighted by Crippen LogP contribution is 2.43. The van der Waals surface area contributed by atoms with Crippen molar-refractivity contribution in [1.29, 1.82) is 5.26 Å². The molecule has 0 radical (unpaired) electrons. The maximum atomic E-state index is 9.27. The Labute approximate surface area is 271 Å². The Balaban J connectivity index is 1.19. The molecule has 6 aromatic rings. The number of hydrogen-bond acceptors (Lipinski definition) is 2. The van der Waals surface area contributed by atoms with Crippen LogP contribution in [0.25, 0.3) is 44.2 Å². The third kappa shape index (κ3) is 5.58. The molecular weight excluding hydrogens is 556 g/mol. The van der Waals surface area contributed by atoms with Crippen LogP contribution in [0, 0.1) is 11.3 Å². The van der Waals surface area contributed by atoms with Gasteiger partial charge in [0.15, 0.2) is 0 Å². The van der Waals surface area contributed by atoms with E-state index in [1.54, 1.807) is 0 Å². The molecule has 0 aromatic heterocycles. The summed E-state index contributed by atoms with van der Waals surface area (Å²) in [5, 5.41) is 11.7. The number of hydrogen-bond donors (Lipinski definition) is 1. The van der Waals surface area contributed by atoms with Crippen molar-refractivity contribution in [2.45, 2.75) is 31.2 Å². The summed E-state index contributed by atoms with van der Waals surface area (Å²) in [6.45, 7) is 2.25. The molecule has 2 N–H and O–H groups in total. The largest absolute Gasteiger partial charge is 0.317 e. The number of nitrogens with zero attached hydrogens (tertiary/aromatic N) is 1. The summed E-state index contributed by atoms with van der Waals surface area (Å²) >= 11 is 0. The van der Waals surface area contributed by atoms with Crippen molar-refractivity contribution in [1.82, 2.24) is 0 Å². The van der Waals surface area contributed by atoms with Crippen molar-refractivity contribution in [2.24, 2.45) is 5.73 Å². The van der Waals surface area contributed by atoms with Crippen LogP contribution >= 0.6 is 0 Å². The molecule has 1 aliphatic carbocycles. The molecule has 0 fully saturated rings. The third-order valence-electron chi connectivity index (χ3n) is 9.61. The van der Waals surface area contributed by atoms with Gasteiger partial charge in [-0.2, -0.15) is 5.26 Å². The first kappa shape index (κ1) is 29.2. The lowest BCUT2D eigenvalue weighted by Crippen LogP contribution is -2.44. The molecule has 2 unspecified atom stereocenters. The van der Waals surface area contributed by atoms with Crippen LogP contribution in [-0.2, 0) is 5.54 Å². The van der Waals surface area contributed by atoms with Crippen molar-refractivity contribution in [3.8, 4) is 39.4 Å². The highest BCUT2D eigenvalue weighted by atomic mass is 14.8. The van der Waals surface area contributed by atoms with Gasteiger partial charge in [-0.15, -0.1) is 0 Å². The van der Waals surface area contributed by atoms with Crippen molar-refractivity contribution in [3.63, 3.8) is 0 Å². The van der Waals surface area contributed by atoms with Crippen LogP contribution in [-0.4, -0.2) is 0 Å². The number of benzene rings is 6. The van der Waals surface area contributed by atoms with E-state index >= 15 is 0 Å². The average molecular weight is 593 g/mol. The molecule has 0 spiro atoms. The van der Waals surface area contributed by atoms with Crippen LogP contribution in [0.4, 0.5) is 0 Å². The third-order valence-corrected chi connectivity index (χ3v) is 9.61. The fraction of sp³-hybridized carbons (Fsp3) is 0.114. The van der Waals surface area contributed by atoms with Gasteiger partial charge in [0.1, 0.15) is 0 Å². The first-order valence-corrected chi connectivity index (χ1v) is 16.0. The van der Waals surface area contributed by atoms with Gasteiger partial charge in [-0.05, 0) is 98.0 Å². The quantitative estimate of drug-likeness (QED) is 0.200. The van der Waals surface area contributed by atoms with Crippen molar-refractivity contribution in [2.75, 3.05) is 0 Å². The minimum Gasteiger partial charge on any atom is -0.317 e. The lowest BCUT2D eigenvalue weighted by molar-refractivity contribution is 0.424. The summed E-state index contributed by atoms with van der Waals surface area (Å²) in [6, 6.07) is 51.4. The first-order chi connectivity index (χ1) is 22.5. The molecule has 6 aromatic carbocycles. The van der Waals surface area contributed by atoms with Gasteiger partial charge in [0, 0.05) is 5.92 Å². The fourth-order valence-corrected chi connectivity index (χ4v) is 6.83. The van der Waals surface area contributed by atoms with Crippen LogP contribution in [0.5, 0.6) is 0 Å². The van der Waals surface area contributed by atoms with E-state index in [4.69, 9.17) is 5.73 Å². The van der Waals surface area contributed by atoms with Gasteiger partial charge in [-0.3, -0.25) is 0 Å². The summed E-state index contributed by atoms with van der Waals surface area (Å²) in [5.74, 6) is 0.119. The zero-order valence-electron chi connectivity index (χ0n) is 26.0. The lowest BCUT2D eigenvalue weighted by atomic mass is 9.69. The predicted octanol–water partition coefficient (Wildman–Crippen LogP) is 10.9. The summed E-state index contributed by atoms with van der Waals surface area (Å²) < 4.78 is 0. The fourth-order valence-electron chi connectivity index (χ4n) is 6.83. The molecule has 0 heterocycles. The minimum atomic E-state index is -0.600. The summed E-state index contributed by atoms with van der Waals surface area (Å²) in [4.78, 5) is 0. The van der Waals surface area contributed by atoms with Crippen LogP contribution in [0.1, 0.15) is 42.4 Å². The Morgan fingerprint density at radius 3 is 1.80 bits per heavy atom. The molecule has 0 saturated heterocycles. The van der Waals surface area contributed by atoms with Gasteiger partial charge >= 0.3 is 0 Å². The molecule has 1 aliphatic rings. The molecule has 0 aliphatic heterocycles. The second kappa shape index (κ2) is 12.5. The number of fused-ring (bicyclic) bond motifs is 1. The van der Waals surface area contributed by atoms with Gasteiger partial charge in [0.25, 0.3) is 0 Å². The van der Waals surface area contributed by atoms with E-state index in [1.165, 1.54) is 38.6 Å². The van der Waals surface area contributed by atoms with E-state index in [9.17, 15) is 5.26 Å². The molecule has 2 atom stereocenters. The van der Waals surface area contributed by atoms with Crippen molar-refractivity contribution >= 4 is 10.8 Å². The van der Waals surface area contributed by atoms with Gasteiger partial charge < -0.3 is 5.73 Å². The van der Waals surface area contributed by atoms with Crippen molar-refractivity contribution in [3.05, 3.63) is 180 Å². The van der Waals surface area contributed by atoms with Gasteiger partial charge in [0.05, 0.1) is 17.2 Å². The summed E-state index contributed by atoms with van der Waals surface area (Å²) in [5.41, 5.74) is 18.0. The molecular formula is C44H36N2. The highest BCUT2D eigenvalue weighted by Gasteiger charge is 2.38. The van der Waals surface area contributed by atoms with E-state index in [1.807, 2.05) is 24.3 Å². The Hall–Kier alpha value is -5.49. The summed E-state index contributed by atoms with van der Waals surface area (Å²) in [6.07, 6.45) is 8.58. The van der Waals surface area contributed by atoms with E-state index in [0.717, 1.165) is 35.1 Å². The second-order valence-electron chi connectivity index (χ2n) is 12.3. The maximum absolute atomic E-state index is 9.27. The lowest BCUT2D eigenvalue weighted by Gasteiger charge is -2.40. The zero-order valence-corrected chi connectivity index (χ0v) is 26.0. The normalized spacial score (nSPS) is 14.7. The Morgan fingerprint density at radius 2 is 1.22 bits per heavy atom. The van der Waals surface area contributed by atoms with Crippen LogP contribution in [0.3, 0.4) is 0 Å². The minimum absolute atomic E-state index is 0.119. The standard InChI is InChI=1S/C44H36N2/c1-31(33-10-4-2-5-11-33)44(46,42-13-6-3-7-14-42)43-25-23-36(24-26-43)40-22-20-37-19-21-39(28-41(37)29-40)35-17-15-34(16-18-35)38-12-8-9-32(27-38)30-45/h2-6,8-13,15-29,31H,7,14,46H2,1H3. The molecule has 0 bridgehead atoms. The topological polar surface area (TPSA) is 49.8 Å². The second-order valence-corrected chi connectivity index (χ2v) is 12.3.